The maximum absolute atomic E-state index is 11.3. The average Bonchev–Trinajstić information content (AvgIpc) is 2.49. The second-order valence-corrected chi connectivity index (χ2v) is 5.58. The molecule has 0 radical (unpaired) electrons. The molecule has 108 valence electrons. The molecule has 2 N–H and O–H groups in total. The molecule has 0 saturated carbocycles. The highest BCUT2D eigenvalue weighted by Gasteiger charge is 2.18. The molecule has 0 spiro atoms. The number of hydrogen-bond acceptors (Lipinski definition) is 2. The molecule has 3 nitrogen and oxygen atoms in total. The van der Waals surface area contributed by atoms with E-state index >= 15 is 0 Å². The lowest BCUT2D eigenvalue weighted by Gasteiger charge is -2.27. The van der Waals surface area contributed by atoms with E-state index in [1.807, 2.05) is 24.3 Å². The molecular weight excluding hydrogens is 260 g/mol. The molecule has 2 aromatic rings. The lowest BCUT2D eigenvalue weighted by molar-refractivity contribution is -0.114. The molecule has 0 saturated heterocycles. The zero-order valence-corrected chi connectivity index (χ0v) is 12.2. The minimum absolute atomic E-state index is 0.0433. The summed E-state index contributed by atoms with van der Waals surface area (Å²) in [5.41, 5.74) is 4.74. The van der Waals surface area contributed by atoms with Crippen LogP contribution in [0.2, 0.25) is 0 Å². The maximum atomic E-state index is 11.3. The van der Waals surface area contributed by atoms with Crippen LogP contribution in [0, 0.1) is 0 Å². The normalized spacial score (nSPS) is 16.9. The molecule has 3 rings (SSSR count). The van der Waals surface area contributed by atoms with Crippen molar-refractivity contribution in [2.75, 3.05) is 10.6 Å². The summed E-state index contributed by atoms with van der Waals surface area (Å²) in [6.07, 6.45) is 3.26. The summed E-state index contributed by atoms with van der Waals surface area (Å²) in [6.45, 7) is 1.54. The Labute approximate surface area is 125 Å². The number of carbonyl (C=O) groups is 1. The molecule has 0 fully saturated rings. The summed E-state index contributed by atoms with van der Waals surface area (Å²) >= 11 is 0. The van der Waals surface area contributed by atoms with Crippen LogP contribution in [0.1, 0.15) is 24.5 Å². The van der Waals surface area contributed by atoms with Gasteiger partial charge in [-0.2, -0.15) is 0 Å². The Morgan fingerprint density at radius 1 is 1.00 bits per heavy atom. The zero-order chi connectivity index (χ0) is 14.7. The van der Waals surface area contributed by atoms with Crippen LogP contribution in [-0.4, -0.2) is 11.9 Å². The van der Waals surface area contributed by atoms with Gasteiger partial charge in [0.25, 0.3) is 0 Å². The summed E-state index contributed by atoms with van der Waals surface area (Å²) in [5.74, 6) is -0.0433. The highest BCUT2D eigenvalue weighted by atomic mass is 16.1. The van der Waals surface area contributed by atoms with Crippen LogP contribution in [0.15, 0.2) is 48.5 Å². The van der Waals surface area contributed by atoms with Crippen LogP contribution >= 0.6 is 0 Å². The number of amides is 1. The molecule has 1 aliphatic carbocycles. The molecule has 0 heterocycles. The molecule has 1 atom stereocenters. The Balaban J connectivity index is 1.75. The molecule has 3 heteroatoms. The SMILES string of the molecule is CC(=O)Nc1ccccc1NC1CCc2ccccc2C1. The predicted octanol–water partition coefficient (Wildman–Crippen LogP) is 3.61. The Bertz CT molecular complexity index is 651. The van der Waals surface area contributed by atoms with Gasteiger partial charge in [-0.05, 0) is 42.5 Å². The van der Waals surface area contributed by atoms with E-state index in [-0.39, 0.29) is 5.91 Å². The molecule has 0 bridgehead atoms. The largest absolute Gasteiger partial charge is 0.380 e. The van der Waals surface area contributed by atoms with Gasteiger partial charge in [0.05, 0.1) is 11.4 Å². The van der Waals surface area contributed by atoms with E-state index in [2.05, 4.69) is 34.9 Å². The second kappa shape index (κ2) is 6.00. The van der Waals surface area contributed by atoms with Gasteiger partial charge in [-0.25, -0.2) is 0 Å². The summed E-state index contributed by atoms with van der Waals surface area (Å²) in [5, 5.41) is 6.46. The van der Waals surface area contributed by atoms with Gasteiger partial charge in [-0.3, -0.25) is 4.79 Å². The van der Waals surface area contributed by atoms with E-state index in [9.17, 15) is 4.79 Å². The number of fused-ring (bicyclic) bond motifs is 1. The molecule has 2 aromatic carbocycles. The molecule has 1 amide bonds. The van der Waals surface area contributed by atoms with Crippen molar-refractivity contribution >= 4 is 17.3 Å². The zero-order valence-electron chi connectivity index (χ0n) is 12.2. The number of carbonyl (C=O) groups excluding carboxylic acids is 1. The monoisotopic (exact) mass is 280 g/mol. The van der Waals surface area contributed by atoms with Gasteiger partial charge in [0.15, 0.2) is 0 Å². The Morgan fingerprint density at radius 2 is 1.67 bits per heavy atom. The molecule has 0 aromatic heterocycles. The molecule has 1 aliphatic rings. The molecule has 1 unspecified atom stereocenters. The van der Waals surface area contributed by atoms with Gasteiger partial charge >= 0.3 is 0 Å². The molecule has 0 aliphatic heterocycles. The van der Waals surface area contributed by atoms with Crippen LogP contribution in [-0.2, 0) is 17.6 Å². The Hall–Kier alpha value is -2.29. The molecular formula is C18H20N2O. The summed E-state index contributed by atoms with van der Waals surface area (Å²) in [7, 11) is 0. The number of para-hydroxylation sites is 2. The average molecular weight is 280 g/mol. The van der Waals surface area contributed by atoms with Gasteiger partial charge in [-0.1, -0.05) is 36.4 Å². The number of rotatable bonds is 3. The number of hydrogen-bond donors (Lipinski definition) is 2. The fourth-order valence-corrected chi connectivity index (χ4v) is 2.95. The first-order valence-corrected chi connectivity index (χ1v) is 7.42. The van der Waals surface area contributed by atoms with E-state index in [0.29, 0.717) is 6.04 Å². The third-order valence-corrected chi connectivity index (χ3v) is 3.94. The fraction of sp³-hybridized carbons (Fsp3) is 0.278. The van der Waals surface area contributed by atoms with Crippen LogP contribution in [0.3, 0.4) is 0 Å². The van der Waals surface area contributed by atoms with Gasteiger partial charge in [-0.15, -0.1) is 0 Å². The minimum Gasteiger partial charge on any atom is -0.380 e. The van der Waals surface area contributed by atoms with E-state index in [1.54, 1.807) is 0 Å². The van der Waals surface area contributed by atoms with Gasteiger partial charge in [0.1, 0.15) is 0 Å². The van der Waals surface area contributed by atoms with Crippen molar-refractivity contribution in [2.24, 2.45) is 0 Å². The third-order valence-electron chi connectivity index (χ3n) is 3.94. The topological polar surface area (TPSA) is 41.1 Å². The second-order valence-electron chi connectivity index (χ2n) is 5.58. The van der Waals surface area contributed by atoms with Crippen molar-refractivity contribution < 1.29 is 4.79 Å². The highest BCUT2D eigenvalue weighted by Crippen LogP contribution is 2.27. The first-order valence-electron chi connectivity index (χ1n) is 7.42. The van der Waals surface area contributed by atoms with Crippen molar-refractivity contribution in [2.45, 2.75) is 32.2 Å². The Kier molecular flexibility index (Phi) is 3.91. The minimum atomic E-state index is -0.0433. The summed E-state index contributed by atoms with van der Waals surface area (Å²) in [6, 6.07) is 16.9. The van der Waals surface area contributed by atoms with Crippen LogP contribution in [0.5, 0.6) is 0 Å². The highest BCUT2D eigenvalue weighted by molar-refractivity contribution is 5.92. The maximum Gasteiger partial charge on any atom is 0.221 e. The van der Waals surface area contributed by atoms with E-state index in [1.165, 1.54) is 18.1 Å². The smallest absolute Gasteiger partial charge is 0.221 e. The van der Waals surface area contributed by atoms with Gasteiger partial charge in [0.2, 0.25) is 5.91 Å². The van der Waals surface area contributed by atoms with E-state index in [0.717, 1.165) is 30.6 Å². The van der Waals surface area contributed by atoms with Crippen molar-refractivity contribution in [1.82, 2.24) is 0 Å². The van der Waals surface area contributed by atoms with E-state index in [4.69, 9.17) is 0 Å². The van der Waals surface area contributed by atoms with Crippen molar-refractivity contribution in [3.05, 3.63) is 59.7 Å². The van der Waals surface area contributed by atoms with Crippen molar-refractivity contribution in [1.29, 1.82) is 0 Å². The predicted molar refractivity (Wildman–Crippen MR) is 86.6 cm³/mol. The fourth-order valence-electron chi connectivity index (χ4n) is 2.95. The van der Waals surface area contributed by atoms with E-state index < -0.39 is 0 Å². The number of aryl methyl sites for hydroxylation is 1. The van der Waals surface area contributed by atoms with Crippen molar-refractivity contribution in [3.63, 3.8) is 0 Å². The first-order chi connectivity index (χ1) is 10.2. The van der Waals surface area contributed by atoms with Gasteiger partial charge in [0, 0.05) is 13.0 Å². The Morgan fingerprint density at radius 3 is 2.43 bits per heavy atom. The molecule has 21 heavy (non-hydrogen) atoms. The van der Waals surface area contributed by atoms with Crippen LogP contribution in [0.25, 0.3) is 0 Å². The van der Waals surface area contributed by atoms with Crippen LogP contribution < -0.4 is 10.6 Å². The first kappa shape index (κ1) is 13.7. The number of nitrogens with one attached hydrogen (secondary N) is 2. The summed E-state index contributed by atoms with van der Waals surface area (Å²) < 4.78 is 0. The lowest BCUT2D eigenvalue weighted by atomic mass is 9.88. The quantitative estimate of drug-likeness (QED) is 0.901. The van der Waals surface area contributed by atoms with Crippen LogP contribution in [0.4, 0.5) is 11.4 Å². The summed E-state index contributed by atoms with van der Waals surface area (Å²) in [4.78, 5) is 11.3. The van der Waals surface area contributed by atoms with Crippen molar-refractivity contribution in [3.8, 4) is 0 Å². The van der Waals surface area contributed by atoms with Gasteiger partial charge < -0.3 is 10.6 Å². The number of anilines is 2. The lowest BCUT2D eigenvalue weighted by Crippen LogP contribution is -2.27. The number of benzene rings is 2. The standard InChI is InChI=1S/C18H20N2O/c1-13(21)19-17-8-4-5-9-18(17)20-16-11-10-14-6-2-3-7-15(14)12-16/h2-9,16,20H,10-12H2,1H3,(H,19,21). The third kappa shape index (κ3) is 3.24.